The van der Waals surface area contributed by atoms with Crippen molar-refractivity contribution in [1.29, 1.82) is 0 Å². The van der Waals surface area contributed by atoms with E-state index in [4.69, 9.17) is 25.8 Å². The standard InChI is InChI=1S/C21H28ClN7O5S/c1-12(2)7-15-27-28-16(29(15)17-20(33-5)25-11-26-21(17)34-6)10-35(30,31)13(3)18(32-4)19-23-8-14(22)9-24-19/h8-9,11-13,18H,7,10H2,1-6H3/t13-,18-/m0/s1. The van der Waals surface area contributed by atoms with Crippen LogP contribution >= 0.6 is 11.6 Å². The van der Waals surface area contributed by atoms with Crippen molar-refractivity contribution in [3.63, 3.8) is 0 Å². The van der Waals surface area contributed by atoms with Gasteiger partial charge in [-0.2, -0.15) is 9.97 Å². The predicted molar refractivity (Wildman–Crippen MR) is 127 cm³/mol. The summed E-state index contributed by atoms with van der Waals surface area (Å²) in [4.78, 5) is 16.6. The third-order valence-corrected chi connectivity index (χ3v) is 7.46. The minimum Gasteiger partial charge on any atom is -0.479 e. The van der Waals surface area contributed by atoms with Gasteiger partial charge in [-0.05, 0) is 12.8 Å². The first-order valence-electron chi connectivity index (χ1n) is 10.7. The normalized spacial score (nSPS) is 13.6. The summed E-state index contributed by atoms with van der Waals surface area (Å²) in [6, 6.07) is 0. The van der Waals surface area contributed by atoms with Gasteiger partial charge in [-0.3, -0.25) is 4.57 Å². The molecule has 2 atom stereocenters. The van der Waals surface area contributed by atoms with E-state index in [1.165, 1.54) is 47.0 Å². The minimum atomic E-state index is -3.85. The Bertz CT molecular complexity index is 1230. The van der Waals surface area contributed by atoms with Gasteiger partial charge in [-0.1, -0.05) is 25.4 Å². The zero-order chi connectivity index (χ0) is 25.8. The van der Waals surface area contributed by atoms with Gasteiger partial charge < -0.3 is 14.2 Å². The lowest BCUT2D eigenvalue weighted by Gasteiger charge is -2.22. The number of rotatable bonds is 11. The zero-order valence-electron chi connectivity index (χ0n) is 20.3. The number of hydrogen-bond acceptors (Lipinski definition) is 11. The molecule has 3 rings (SSSR count). The molecule has 0 N–H and O–H groups in total. The van der Waals surface area contributed by atoms with E-state index in [-0.39, 0.29) is 29.3 Å². The molecule has 3 aromatic heterocycles. The van der Waals surface area contributed by atoms with Gasteiger partial charge >= 0.3 is 0 Å². The second kappa shape index (κ2) is 11.2. The maximum atomic E-state index is 13.5. The third kappa shape index (κ3) is 5.85. The highest BCUT2D eigenvalue weighted by atomic mass is 35.5. The van der Waals surface area contributed by atoms with Gasteiger partial charge in [0.05, 0.1) is 24.5 Å². The van der Waals surface area contributed by atoms with Crippen LogP contribution in [0.3, 0.4) is 0 Å². The van der Waals surface area contributed by atoms with Crippen LogP contribution in [0.5, 0.6) is 11.8 Å². The Morgan fingerprint density at radius 1 is 0.943 bits per heavy atom. The van der Waals surface area contributed by atoms with E-state index >= 15 is 0 Å². The van der Waals surface area contributed by atoms with E-state index in [0.29, 0.717) is 23.0 Å². The minimum absolute atomic E-state index is 0.158. The molecule has 0 bridgehead atoms. The molecule has 0 aromatic carbocycles. The van der Waals surface area contributed by atoms with E-state index in [0.717, 1.165) is 0 Å². The lowest BCUT2D eigenvalue weighted by molar-refractivity contribution is 0.0948. The van der Waals surface area contributed by atoms with Crippen molar-refractivity contribution in [2.75, 3.05) is 21.3 Å². The summed E-state index contributed by atoms with van der Waals surface area (Å²) in [7, 11) is 0.446. The fourth-order valence-corrected chi connectivity index (χ4v) is 5.03. The Morgan fingerprint density at radius 2 is 1.51 bits per heavy atom. The fourth-order valence-electron chi connectivity index (χ4n) is 3.52. The maximum absolute atomic E-state index is 13.5. The summed E-state index contributed by atoms with van der Waals surface area (Å²) in [5.41, 5.74) is 0.320. The molecule has 0 aliphatic heterocycles. The van der Waals surface area contributed by atoms with Crippen LogP contribution in [0, 0.1) is 5.92 Å². The number of nitrogens with zero attached hydrogens (tertiary/aromatic N) is 7. The number of halogens is 1. The molecule has 3 heterocycles. The SMILES string of the molecule is COc1ncnc(OC)c1-n1c(CC(C)C)nnc1CS(=O)(=O)[C@@H](C)[C@H](OC)c1ncc(Cl)cn1. The largest absolute Gasteiger partial charge is 0.479 e. The molecule has 0 saturated carbocycles. The van der Waals surface area contributed by atoms with E-state index in [1.807, 2.05) is 13.8 Å². The quantitative estimate of drug-likeness (QED) is 0.363. The lowest BCUT2D eigenvalue weighted by Crippen LogP contribution is -2.30. The number of sulfone groups is 1. The van der Waals surface area contributed by atoms with Gasteiger partial charge in [0, 0.05) is 25.9 Å². The van der Waals surface area contributed by atoms with Crippen LogP contribution in [0.25, 0.3) is 5.69 Å². The Kier molecular flexibility index (Phi) is 8.56. The van der Waals surface area contributed by atoms with Crippen LogP contribution in [-0.2, 0) is 26.7 Å². The Balaban J connectivity index is 2.08. The first-order chi connectivity index (χ1) is 16.6. The van der Waals surface area contributed by atoms with Crippen molar-refractivity contribution in [2.45, 2.75) is 44.3 Å². The van der Waals surface area contributed by atoms with Crippen molar-refractivity contribution in [2.24, 2.45) is 5.92 Å². The summed E-state index contributed by atoms with van der Waals surface area (Å²) >= 11 is 5.87. The molecule has 0 saturated heterocycles. The van der Waals surface area contributed by atoms with Crippen LogP contribution in [0.2, 0.25) is 5.02 Å². The first-order valence-corrected chi connectivity index (χ1v) is 12.8. The van der Waals surface area contributed by atoms with E-state index in [2.05, 4.69) is 30.1 Å². The highest BCUT2D eigenvalue weighted by Gasteiger charge is 2.35. The zero-order valence-corrected chi connectivity index (χ0v) is 21.9. The van der Waals surface area contributed by atoms with Crippen LogP contribution in [0.15, 0.2) is 18.7 Å². The molecule has 190 valence electrons. The molecular weight excluding hydrogens is 498 g/mol. The summed E-state index contributed by atoms with van der Waals surface area (Å²) in [5, 5.41) is 7.80. The number of hydrogen-bond donors (Lipinski definition) is 0. The third-order valence-electron chi connectivity index (χ3n) is 5.23. The second-order valence-electron chi connectivity index (χ2n) is 8.13. The van der Waals surface area contributed by atoms with Crippen molar-refractivity contribution in [1.82, 2.24) is 34.7 Å². The van der Waals surface area contributed by atoms with Gasteiger partial charge in [0.25, 0.3) is 0 Å². The summed E-state index contributed by atoms with van der Waals surface area (Å²) in [6.07, 6.45) is 3.66. The molecule has 35 heavy (non-hydrogen) atoms. The highest BCUT2D eigenvalue weighted by Crippen LogP contribution is 2.32. The summed E-state index contributed by atoms with van der Waals surface area (Å²) in [5.74, 6) is 1.03. The molecule has 0 amide bonds. The lowest BCUT2D eigenvalue weighted by atomic mass is 10.1. The Hall–Kier alpha value is -2.90. The van der Waals surface area contributed by atoms with Crippen molar-refractivity contribution in [3.05, 3.63) is 41.2 Å². The highest BCUT2D eigenvalue weighted by molar-refractivity contribution is 7.91. The topological polar surface area (TPSA) is 144 Å². The predicted octanol–water partition coefficient (Wildman–Crippen LogP) is 2.41. The van der Waals surface area contributed by atoms with E-state index in [9.17, 15) is 8.42 Å². The van der Waals surface area contributed by atoms with Gasteiger partial charge in [-0.15, -0.1) is 10.2 Å². The average Bonchev–Trinajstić information content (AvgIpc) is 3.19. The number of ether oxygens (including phenoxy) is 3. The number of methoxy groups -OCH3 is 3. The molecule has 0 aliphatic carbocycles. The molecular formula is C21H28ClN7O5S. The smallest absolute Gasteiger partial charge is 0.245 e. The molecule has 12 nitrogen and oxygen atoms in total. The summed E-state index contributed by atoms with van der Waals surface area (Å²) < 4.78 is 44.9. The van der Waals surface area contributed by atoms with Crippen LogP contribution in [0.4, 0.5) is 0 Å². The molecule has 3 aromatic rings. The van der Waals surface area contributed by atoms with Crippen molar-refractivity contribution >= 4 is 21.4 Å². The molecule has 0 aliphatic rings. The van der Waals surface area contributed by atoms with Crippen LogP contribution in [0.1, 0.15) is 44.3 Å². The first kappa shape index (κ1) is 26.7. The van der Waals surface area contributed by atoms with Gasteiger partial charge in [0.15, 0.2) is 27.2 Å². The van der Waals surface area contributed by atoms with Gasteiger partial charge in [0.2, 0.25) is 11.8 Å². The summed E-state index contributed by atoms with van der Waals surface area (Å²) in [6.45, 7) is 5.57. The second-order valence-corrected chi connectivity index (χ2v) is 10.9. The van der Waals surface area contributed by atoms with Crippen LogP contribution in [-0.4, -0.2) is 69.7 Å². The van der Waals surface area contributed by atoms with Crippen molar-refractivity contribution in [3.8, 4) is 17.4 Å². The van der Waals surface area contributed by atoms with Crippen molar-refractivity contribution < 1.29 is 22.6 Å². The fraction of sp³-hybridized carbons (Fsp3) is 0.524. The molecule has 0 unspecified atom stereocenters. The van der Waals surface area contributed by atoms with Gasteiger partial charge in [0.1, 0.15) is 24.0 Å². The monoisotopic (exact) mass is 525 g/mol. The molecule has 0 spiro atoms. The maximum Gasteiger partial charge on any atom is 0.245 e. The molecule has 0 radical (unpaired) electrons. The molecule has 0 fully saturated rings. The number of aromatic nitrogens is 7. The Morgan fingerprint density at radius 3 is 2.03 bits per heavy atom. The van der Waals surface area contributed by atoms with E-state index < -0.39 is 26.9 Å². The van der Waals surface area contributed by atoms with Gasteiger partial charge in [-0.25, -0.2) is 18.4 Å². The Labute approximate surface area is 209 Å². The average molecular weight is 526 g/mol. The van der Waals surface area contributed by atoms with E-state index in [1.54, 1.807) is 4.57 Å². The molecule has 14 heteroatoms. The van der Waals surface area contributed by atoms with Crippen LogP contribution < -0.4 is 9.47 Å².